The molecule has 2 N–H and O–H groups in total. The lowest BCUT2D eigenvalue weighted by atomic mass is 10.8. The Labute approximate surface area is 42.9 Å². The van der Waals surface area contributed by atoms with E-state index in [0.717, 1.165) is 0 Å². The highest BCUT2D eigenvalue weighted by molar-refractivity contribution is 7.93. The fraction of sp³-hybridized carbons (Fsp3) is 0.333. The van der Waals surface area contributed by atoms with Crippen LogP contribution in [-0.4, -0.2) is 8.42 Å². The minimum Gasteiger partial charge on any atom is -0.225 e. The molecule has 0 amide bonds. The summed E-state index contributed by atoms with van der Waals surface area (Å²) in [7, 11) is -3.44. The number of hydrogen-bond donors (Lipinski definition) is 1. The zero-order valence-electron chi connectivity index (χ0n) is 4.01. The third kappa shape index (κ3) is 2.36. The third-order valence-electron chi connectivity index (χ3n) is 0.486. The molecule has 0 radical (unpaired) electrons. The number of nitrogens with two attached hydrogens (primary N) is 1. The van der Waals surface area contributed by atoms with Crippen molar-refractivity contribution in [3.63, 3.8) is 0 Å². The van der Waals surface area contributed by atoms with Crippen LogP contribution in [0.3, 0.4) is 0 Å². The first kappa shape index (κ1) is 6.65. The van der Waals surface area contributed by atoms with Crippen molar-refractivity contribution in [2.75, 3.05) is 0 Å². The average Bonchev–Trinajstić information content (AvgIpc) is 1.31. The number of sulfonamides is 1. The molecule has 7 heavy (non-hydrogen) atoms. The molecular formula is C3H7NO2S. The van der Waals surface area contributed by atoms with Gasteiger partial charge in [0.15, 0.2) is 0 Å². The highest BCUT2D eigenvalue weighted by Crippen LogP contribution is 1.91. The first-order chi connectivity index (χ1) is 2.94. The van der Waals surface area contributed by atoms with Gasteiger partial charge in [-0.2, -0.15) is 0 Å². The summed E-state index contributed by atoms with van der Waals surface area (Å²) in [6.45, 7) is 4.46. The Bertz CT molecular complexity index is 167. The predicted molar refractivity (Wildman–Crippen MR) is 27.9 cm³/mol. The molecule has 0 saturated heterocycles. The lowest BCUT2D eigenvalue weighted by molar-refractivity contribution is 0.604. The molecule has 0 unspecified atom stereocenters. The smallest absolute Gasteiger partial charge is 0.225 e. The van der Waals surface area contributed by atoms with Gasteiger partial charge in [0.25, 0.3) is 0 Å². The van der Waals surface area contributed by atoms with Crippen LogP contribution < -0.4 is 5.14 Å². The van der Waals surface area contributed by atoms with Crippen molar-refractivity contribution >= 4 is 10.0 Å². The highest BCUT2D eigenvalue weighted by Gasteiger charge is 1.98. The number of allylic oxidation sites excluding steroid dienone is 1. The second-order valence-electron chi connectivity index (χ2n) is 1.25. The van der Waals surface area contributed by atoms with E-state index in [-0.39, 0.29) is 4.91 Å². The quantitative estimate of drug-likeness (QED) is 0.522. The van der Waals surface area contributed by atoms with Crippen molar-refractivity contribution in [1.29, 1.82) is 0 Å². The molecule has 0 aliphatic rings. The van der Waals surface area contributed by atoms with Crippen molar-refractivity contribution in [1.82, 2.24) is 0 Å². The van der Waals surface area contributed by atoms with Gasteiger partial charge in [-0.05, 0) is 6.92 Å². The van der Waals surface area contributed by atoms with Crippen molar-refractivity contribution in [3.8, 4) is 0 Å². The lowest BCUT2D eigenvalue weighted by Crippen LogP contribution is -2.11. The van der Waals surface area contributed by atoms with Gasteiger partial charge >= 0.3 is 0 Å². The maximum Gasteiger partial charge on any atom is 0.233 e. The molecule has 0 fully saturated rings. The molecule has 0 atom stereocenters. The Balaban J connectivity index is 4.43. The Morgan fingerprint density at radius 2 is 1.86 bits per heavy atom. The minimum absolute atomic E-state index is 0.00694. The summed E-state index contributed by atoms with van der Waals surface area (Å²) < 4.78 is 20.0. The molecule has 0 bridgehead atoms. The molecule has 0 heterocycles. The highest BCUT2D eigenvalue weighted by atomic mass is 32.2. The molecule has 0 aliphatic carbocycles. The Morgan fingerprint density at radius 3 is 1.86 bits per heavy atom. The van der Waals surface area contributed by atoms with Gasteiger partial charge in [-0.1, -0.05) is 6.58 Å². The van der Waals surface area contributed by atoms with E-state index in [9.17, 15) is 8.42 Å². The Hall–Kier alpha value is -0.350. The number of hydrogen-bond acceptors (Lipinski definition) is 2. The SMILES string of the molecule is C=C(C)S(N)(=O)=O. The standard InChI is InChI=1S/C3H7NO2S/c1-3(2)7(4,5)6/h1H2,2H3,(H2,4,5,6). The van der Waals surface area contributed by atoms with E-state index in [1.165, 1.54) is 6.92 Å². The second-order valence-corrected chi connectivity index (χ2v) is 3.03. The van der Waals surface area contributed by atoms with E-state index in [4.69, 9.17) is 0 Å². The fourth-order valence-electron chi connectivity index (χ4n) is 0. The van der Waals surface area contributed by atoms with E-state index in [0.29, 0.717) is 0 Å². The van der Waals surface area contributed by atoms with E-state index in [1.54, 1.807) is 0 Å². The second kappa shape index (κ2) is 1.63. The molecule has 0 rings (SSSR count). The van der Waals surface area contributed by atoms with Crippen molar-refractivity contribution in [2.45, 2.75) is 6.92 Å². The van der Waals surface area contributed by atoms with Gasteiger partial charge in [-0.15, -0.1) is 0 Å². The van der Waals surface area contributed by atoms with E-state index < -0.39 is 10.0 Å². The lowest BCUT2D eigenvalue weighted by Gasteiger charge is -1.88. The van der Waals surface area contributed by atoms with Crippen LogP contribution in [0, 0.1) is 0 Å². The van der Waals surface area contributed by atoms with Crippen LogP contribution in [0.2, 0.25) is 0 Å². The van der Waals surface area contributed by atoms with E-state index in [1.807, 2.05) is 0 Å². The summed E-state index contributed by atoms with van der Waals surface area (Å²) in [5, 5.41) is 4.55. The fourth-order valence-corrected chi connectivity index (χ4v) is 0. The Morgan fingerprint density at radius 1 is 1.71 bits per heavy atom. The topological polar surface area (TPSA) is 60.2 Å². The first-order valence-electron chi connectivity index (χ1n) is 1.63. The normalized spacial score (nSPS) is 11.1. The molecule has 42 valence electrons. The molecule has 0 aromatic carbocycles. The van der Waals surface area contributed by atoms with Gasteiger partial charge in [-0.3, -0.25) is 0 Å². The van der Waals surface area contributed by atoms with E-state index >= 15 is 0 Å². The summed E-state index contributed by atoms with van der Waals surface area (Å²) in [6, 6.07) is 0. The maximum absolute atomic E-state index is 10.0. The maximum atomic E-state index is 10.0. The van der Waals surface area contributed by atoms with Gasteiger partial charge in [-0.25, -0.2) is 13.6 Å². The van der Waals surface area contributed by atoms with Crippen LogP contribution in [-0.2, 0) is 10.0 Å². The third-order valence-corrected chi connectivity index (χ3v) is 1.46. The largest absolute Gasteiger partial charge is 0.233 e. The monoisotopic (exact) mass is 121 g/mol. The van der Waals surface area contributed by atoms with Crippen LogP contribution in [0.1, 0.15) is 6.92 Å². The van der Waals surface area contributed by atoms with Crippen LogP contribution in [0.15, 0.2) is 11.5 Å². The van der Waals surface area contributed by atoms with Crippen LogP contribution >= 0.6 is 0 Å². The van der Waals surface area contributed by atoms with Gasteiger partial charge < -0.3 is 0 Å². The van der Waals surface area contributed by atoms with Crippen LogP contribution in [0.4, 0.5) is 0 Å². The summed E-state index contributed by atoms with van der Waals surface area (Å²) in [5.41, 5.74) is 0. The minimum atomic E-state index is -3.44. The molecule has 0 aromatic heterocycles. The van der Waals surface area contributed by atoms with E-state index in [2.05, 4.69) is 11.7 Å². The molecule has 0 aromatic rings. The zero-order valence-corrected chi connectivity index (χ0v) is 4.83. The van der Waals surface area contributed by atoms with Gasteiger partial charge in [0.2, 0.25) is 10.0 Å². The Kier molecular flexibility index (Phi) is 1.55. The molecular weight excluding hydrogens is 114 g/mol. The molecule has 0 saturated carbocycles. The predicted octanol–water partition coefficient (Wildman–Crippen LogP) is -0.191. The van der Waals surface area contributed by atoms with Crippen molar-refractivity contribution < 1.29 is 8.42 Å². The summed E-state index contributed by atoms with van der Waals surface area (Å²) in [5.74, 6) is 0. The van der Waals surface area contributed by atoms with Crippen LogP contribution in [0.25, 0.3) is 0 Å². The van der Waals surface area contributed by atoms with Gasteiger partial charge in [0, 0.05) is 4.91 Å². The van der Waals surface area contributed by atoms with Crippen molar-refractivity contribution in [3.05, 3.63) is 11.5 Å². The molecule has 0 aliphatic heterocycles. The summed E-state index contributed by atoms with van der Waals surface area (Å²) in [4.78, 5) is -0.00694. The average molecular weight is 121 g/mol. The van der Waals surface area contributed by atoms with Gasteiger partial charge in [0.1, 0.15) is 0 Å². The van der Waals surface area contributed by atoms with Gasteiger partial charge in [0.05, 0.1) is 0 Å². The van der Waals surface area contributed by atoms with Crippen LogP contribution in [0.5, 0.6) is 0 Å². The molecule has 3 nitrogen and oxygen atoms in total. The number of rotatable bonds is 1. The summed E-state index contributed by atoms with van der Waals surface area (Å²) >= 11 is 0. The molecule has 0 spiro atoms. The first-order valence-corrected chi connectivity index (χ1v) is 3.17. The summed E-state index contributed by atoms with van der Waals surface area (Å²) in [6.07, 6.45) is 0. The zero-order chi connectivity index (χ0) is 6.08. The number of primary sulfonamides is 1. The van der Waals surface area contributed by atoms with Crippen molar-refractivity contribution in [2.24, 2.45) is 5.14 Å². The molecule has 4 heteroatoms.